The Labute approximate surface area is 118 Å². The number of benzene rings is 1. The van der Waals surface area contributed by atoms with Crippen LogP contribution in [0.2, 0.25) is 0 Å². The first-order valence-electron chi connectivity index (χ1n) is 6.59. The highest BCUT2D eigenvalue weighted by molar-refractivity contribution is 5.43. The summed E-state index contributed by atoms with van der Waals surface area (Å²) in [6.07, 6.45) is 0. The number of hydrogen-bond donors (Lipinski definition) is 1. The predicted molar refractivity (Wildman–Crippen MR) is 74.5 cm³/mol. The van der Waals surface area contributed by atoms with Crippen molar-refractivity contribution in [3.8, 4) is 11.5 Å². The van der Waals surface area contributed by atoms with Crippen molar-refractivity contribution in [1.29, 1.82) is 0 Å². The van der Waals surface area contributed by atoms with E-state index >= 15 is 0 Å². The first-order valence-corrected chi connectivity index (χ1v) is 6.59. The minimum Gasteiger partial charge on any atom is -0.490 e. The summed E-state index contributed by atoms with van der Waals surface area (Å²) in [4.78, 5) is 2.08. The van der Waals surface area contributed by atoms with E-state index in [2.05, 4.69) is 15.0 Å². The molecule has 6 heteroatoms. The van der Waals surface area contributed by atoms with Gasteiger partial charge in [0.25, 0.3) is 0 Å². The van der Waals surface area contributed by atoms with Crippen LogP contribution in [0, 0.1) is 0 Å². The van der Waals surface area contributed by atoms with Gasteiger partial charge in [-0.25, -0.2) is 0 Å². The summed E-state index contributed by atoms with van der Waals surface area (Å²) >= 11 is 0. The van der Waals surface area contributed by atoms with Gasteiger partial charge < -0.3 is 19.7 Å². The van der Waals surface area contributed by atoms with Crippen molar-refractivity contribution in [2.45, 2.75) is 20.1 Å². The van der Waals surface area contributed by atoms with E-state index in [4.69, 9.17) is 4.74 Å². The van der Waals surface area contributed by atoms with Crippen molar-refractivity contribution in [1.82, 2.24) is 10.2 Å². The number of ether oxygens (including phenoxy) is 2. The summed E-state index contributed by atoms with van der Waals surface area (Å²) in [5.41, 5.74) is 0.967. The summed E-state index contributed by atoms with van der Waals surface area (Å²) in [7, 11) is 4.01. The quantitative estimate of drug-likeness (QED) is 0.707. The number of halogens is 2. The van der Waals surface area contributed by atoms with Crippen LogP contribution in [0.1, 0.15) is 12.5 Å². The molecule has 1 aromatic rings. The number of nitrogens with zero attached hydrogens (tertiary/aromatic N) is 1. The molecule has 20 heavy (non-hydrogen) atoms. The fourth-order valence-corrected chi connectivity index (χ4v) is 1.66. The minimum absolute atomic E-state index is 0.0684. The van der Waals surface area contributed by atoms with Gasteiger partial charge in [0.05, 0.1) is 6.61 Å². The van der Waals surface area contributed by atoms with E-state index in [-0.39, 0.29) is 5.75 Å². The van der Waals surface area contributed by atoms with Gasteiger partial charge >= 0.3 is 6.61 Å². The lowest BCUT2D eigenvalue weighted by Gasteiger charge is -2.14. The SMILES string of the molecule is CCOc1cc(CNCCN(C)C)ccc1OC(F)F. The maximum atomic E-state index is 12.3. The Morgan fingerprint density at radius 3 is 2.60 bits per heavy atom. The lowest BCUT2D eigenvalue weighted by molar-refractivity contribution is -0.0514. The zero-order chi connectivity index (χ0) is 15.0. The van der Waals surface area contributed by atoms with Crippen molar-refractivity contribution < 1.29 is 18.3 Å². The van der Waals surface area contributed by atoms with Crippen molar-refractivity contribution in [3.05, 3.63) is 23.8 Å². The van der Waals surface area contributed by atoms with E-state index in [0.717, 1.165) is 18.7 Å². The molecule has 4 nitrogen and oxygen atoms in total. The van der Waals surface area contributed by atoms with Crippen LogP contribution < -0.4 is 14.8 Å². The fourth-order valence-electron chi connectivity index (χ4n) is 1.66. The van der Waals surface area contributed by atoms with Crippen LogP contribution in [0.5, 0.6) is 11.5 Å². The molecule has 1 N–H and O–H groups in total. The molecular formula is C14H22F2N2O2. The topological polar surface area (TPSA) is 33.7 Å². The van der Waals surface area contributed by atoms with Crippen LogP contribution in [0.4, 0.5) is 8.78 Å². The molecule has 114 valence electrons. The molecule has 0 aliphatic rings. The maximum absolute atomic E-state index is 12.3. The Balaban J connectivity index is 2.62. The molecule has 0 unspecified atom stereocenters. The van der Waals surface area contributed by atoms with Crippen molar-refractivity contribution in [3.63, 3.8) is 0 Å². The third-order valence-corrected chi connectivity index (χ3v) is 2.59. The average molecular weight is 288 g/mol. The van der Waals surface area contributed by atoms with Crippen LogP contribution in [0.25, 0.3) is 0 Å². The lowest BCUT2D eigenvalue weighted by atomic mass is 10.2. The van der Waals surface area contributed by atoms with Gasteiger partial charge in [0, 0.05) is 19.6 Å². The first kappa shape index (κ1) is 16.7. The highest BCUT2D eigenvalue weighted by Crippen LogP contribution is 2.29. The van der Waals surface area contributed by atoms with E-state index in [0.29, 0.717) is 18.9 Å². The number of nitrogens with one attached hydrogen (secondary N) is 1. The average Bonchev–Trinajstić information content (AvgIpc) is 2.37. The normalized spacial score (nSPS) is 11.2. The Kier molecular flexibility index (Phi) is 7.25. The van der Waals surface area contributed by atoms with Crippen molar-refractivity contribution >= 4 is 0 Å². The van der Waals surface area contributed by atoms with Gasteiger partial charge in [-0.05, 0) is 38.7 Å². The van der Waals surface area contributed by atoms with Crippen LogP contribution in [-0.4, -0.2) is 45.3 Å². The van der Waals surface area contributed by atoms with Crippen LogP contribution >= 0.6 is 0 Å². The maximum Gasteiger partial charge on any atom is 0.387 e. The molecule has 0 radical (unpaired) electrons. The molecular weight excluding hydrogens is 266 g/mol. The Morgan fingerprint density at radius 2 is 2.00 bits per heavy atom. The molecule has 0 aliphatic heterocycles. The van der Waals surface area contributed by atoms with E-state index in [1.165, 1.54) is 6.07 Å². The zero-order valence-corrected chi connectivity index (χ0v) is 12.2. The molecule has 1 rings (SSSR count). The zero-order valence-electron chi connectivity index (χ0n) is 12.2. The molecule has 0 aromatic heterocycles. The summed E-state index contributed by atoms with van der Waals surface area (Å²) in [5, 5.41) is 3.28. The highest BCUT2D eigenvalue weighted by atomic mass is 19.3. The summed E-state index contributed by atoms with van der Waals surface area (Å²) < 4.78 is 34.3. The molecule has 1 aromatic carbocycles. The predicted octanol–water partition coefficient (Wildman–Crippen LogP) is 2.34. The van der Waals surface area contributed by atoms with Crippen LogP contribution in [0.15, 0.2) is 18.2 Å². The molecule has 0 fully saturated rings. The third kappa shape index (κ3) is 6.16. The molecule has 0 bridgehead atoms. The summed E-state index contributed by atoms with van der Waals surface area (Å²) in [6, 6.07) is 4.99. The van der Waals surface area contributed by atoms with Gasteiger partial charge in [-0.2, -0.15) is 8.78 Å². The second-order valence-electron chi connectivity index (χ2n) is 4.57. The second-order valence-corrected chi connectivity index (χ2v) is 4.57. The Morgan fingerprint density at radius 1 is 1.25 bits per heavy atom. The molecule has 0 saturated carbocycles. The first-order chi connectivity index (χ1) is 9.52. The summed E-state index contributed by atoms with van der Waals surface area (Å²) in [5.74, 6) is 0.415. The third-order valence-electron chi connectivity index (χ3n) is 2.59. The van der Waals surface area contributed by atoms with Crippen LogP contribution in [-0.2, 0) is 6.54 Å². The molecule has 0 heterocycles. The Bertz CT molecular complexity index is 401. The number of rotatable bonds is 9. The van der Waals surface area contributed by atoms with E-state index in [1.54, 1.807) is 19.1 Å². The molecule has 0 saturated heterocycles. The highest BCUT2D eigenvalue weighted by Gasteiger charge is 2.11. The largest absolute Gasteiger partial charge is 0.490 e. The molecule has 0 spiro atoms. The smallest absolute Gasteiger partial charge is 0.387 e. The number of alkyl halides is 2. The Hall–Kier alpha value is -1.40. The van der Waals surface area contributed by atoms with Gasteiger partial charge in [-0.15, -0.1) is 0 Å². The summed E-state index contributed by atoms with van der Waals surface area (Å²) in [6.45, 7) is 1.80. The van der Waals surface area contributed by atoms with E-state index < -0.39 is 6.61 Å². The van der Waals surface area contributed by atoms with Gasteiger partial charge in [-0.1, -0.05) is 6.07 Å². The van der Waals surface area contributed by atoms with Crippen LogP contribution in [0.3, 0.4) is 0 Å². The number of hydrogen-bond acceptors (Lipinski definition) is 4. The standard InChI is InChI=1S/C14H22F2N2O2/c1-4-19-13-9-11(10-17-7-8-18(2)3)5-6-12(13)20-14(15)16/h5-6,9,14,17H,4,7-8,10H2,1-3H3. The van der Waals surface area contributed by atoms with Crippen molar-refractivity contribution in [2.24, 2.45) is 0 Å². The number of likely N-dealkylation sites (N-methyl/N-ethyl adjacent to an activating group) is 1. The monoisotopic (exact) mass is 288 g/mol. The van der Waals surface area contributed by atoms with Gasteiger partial charge in [0.1, 0.15) is 0 Å². The molecule has 0 aliphatic carbocycles. The molecule has 0 amide bonds. The molecule has 0 atom stereocenters. The second kappa shape index (κ2) is 8.71. The fraction of sp³-hybridized carbons (Fsp3) is 0.571. The van der Waals surface area contributed by atoms with Gasteiger partial charge in [0.15, 0.2) is 11.5 Å². The van der Waals surface area contributed by atoms with Gasteiger partial charge in [-0.3, -0.25) is 0 Å². The van der Waals surface area contributed by atoms with E-state index in [9.17, 15) is 8.78 Å². The lowest BCUT2D eigenvalue weighted by Crippen LogP contribution is -2.26. The van der Waals surface area contributed by atoms with E-state index in [1.807, 2.05) is 14.1 Å². The minimum atomic E-state index is -2.85. The van der Waals surface area contributed by atoms with Crippen molar-refractivity contribution in [2.75, 3.05) is 33.8 Å². The van der Waals surface area contributed by atoms with Gasteiger partial charge in [0.2, 0.25) is 0 Å².